The van der Waals surface area contributed by atoms with Crippen molar-refractivity contribution < 1.29 is 26.8 Å². The average molecular weight is 608 g/mol. The molecule has 1 fully saturated rings. The largest absolute Gasteiger partial charge is 0.416 e. The first-order valence-electron chi connectivity index (χ1n) is 14.2. The Kier molecular flexibility index (Phi) is 8.45. The van der Waals surface area contributed by atoms with Crippen LogP contribution in [0, 0.1) is 5.82 Å². The van der Waals surface area contributed by atoms with Gasteiger partial charge < -0.3 is 19.1 Å². The molecule has 0 saturated carbocycles. The van der Waals surface area contributed by atoms with Gasteiger partial charge in [-0.05, 0) is 35.4 Å². The molecule has 6 rings (SSSR count). The molecule has 0 spiro atoms. The van der Waals surface area contributed by atoms with Gasteiger partial charge >= 0.3 is 6.18 Å². The van der Waals surface area contributed by atoms with Crippen molar-refractivity contribution in [2.75, 3.05) is 44.7 Å². The summed E-state index contributed by atoms with van der Waals surface area (Å²) in [4.78, 5) is 20.3. The number of halogens is 4. The van der Waals surface area contributed by atoms with Gasteiger partial charge in [-0.1, -0.05) is 47.6 Å². The molecular formula is C32H29F4N5O3. The average Bonchev–Trinajstić information content (AvgIpc) is 3.48. The molecule has 1 aliphatic heterocycles. The fraction of sp³-hybridized carbons (Fsp3) is 0.281. The molecule has 44 heavy (non-hydrogen) atoms. The van der Waals surface area contributed by atoms with Gasteiger partial charge in [-0.3, -0.25) is 9.69 Å². The Morgan fingerprint density at radius 3 is 2.43 bits per heavy atom. The molecule has 1 saturated heterocycles. The SMILES string of the molecule is O=c1c(-c2noc(Cc3ccccc3)n2)cn(Cc2ccc(C(F)(F)F)cc2)c2cc(NCCN3CCOCC3)c(F)cc12. The summed E-state index contributed by atoms with van der Waals surface area (Å²) in [5.41, 5.74) is 0.938. The van der Waals surface area contributed by atoms with Gasteiger partial charge in [0.2, 0.25) is 17.1 Å². The number of ether oxygens (including phenoxy) is 1. The van der Waals surface area contributed by atoms with Crippen molar-refractivity contribution in [1.82, 2.24) is 19.6 Å². The van der Waals surface area contributed by atoms with E-state index in [9.17, 15) is 18.0 Å². The van der Waals surface area contributed by atoms with Gasteiger partial charge in [0.1, 0.15) is 5.82 Å². The highest BCUT2D eigenvalue weighted by molar-refractivity contribution is 5.86. The lowest BCUT2D eigenvalue weighted by atomic mass is 10.1. The van der Waals surface area contributed by atoms with Crippen molar-refractivity contribution in [2.45, 2.75) is 19.1 Å². The Balaban J connectivity index is 1.36. The summed E-state index contributed by atoms with van der Waals surface area (Å²) in [6, 6.07) is 17.0. The molecule has 2 aromatic heterocycles. The summed E-state index contributed by atoms with van der Waals surface area (Å²) in [6.45, 7) is 4.14. The van der Waals surface area contributed by atoms with Crippen molar-refractivity contribution in [3.05, 3.63) is 112 Å². The summed E-state index contributed by atoms with van der Waals surface area (Å²) < 4.78 is 67.3. The number of anilines is 1. The van der Waals surface area contributed by atoms with Crippen molar-refractivity contribution in [2.24, 2.45) is 0 Å². The maximum atomic E-state index is 15.4. The third kappa shape index (κ3) is 6.66. The second-order valence-corrected chi connectivity index (χ2v) is 10.6. The number of pyridine rings is 1. The van der Waals surface area contributed by atoms with E-state index in [2.05, 4.69) is 20.4 Å². The lowest BCUT2D eigenvalue weighted by molar-refractivity contribution is -0.137. The van der Waals surface area contributed by atoms with Crippen LogP contribution >= 0.6 is 0 Å². The highest BCUT2D eigenvalue weighted by Gasteiger charge is 2.30. The van der Waals surface area contributed by atoms with E-state index >= 15 is 4.39 Å². The first-order valence-corrected chi connectivity index (χ1v) is 14.2. The van der Waals surface area contributed by atoms with Crippen molar-refractivity contribution in [3.8, 4) is 11.4 Å². The Labute approximate surface area is 249 Å². The standard InChI is InChI=1S/C32H29F4N5O3/c33-26-17-24-28(18-27(26)37-10-11-40-12-14-43-15-13-40)41(19-22-6-8-23(9-7-22)32(34,35)36)20-25(30(24)42)31-38-29(44-39-31)16-21-4-2-1-3-5-21/h1-9,17-18,20,37H,10-16,19H2. The van der Waals surface area contributed by atoms with Crippen molar-refractivity contribution in [1.29, 1.82) is 0 Å². The van der Waals surface area contributed by atoms with E-state index < -0.39 is 23.0 Å². The van der Waals surface area contributed by atoms with E-state index in [4.69, 9.17) is 9.26 Å². The van der Waals surface area contributed by atoms with Gasteiger partial charge in [0, 0.05) is 44.3 Å². The number of aromatic nitrogens is 3. The molecule has 1 N–H and O–H groups in total. The number of morpholine rings is 1. The lowest BCUT2D eigenvalue weighted by Crippen LogP contribution is -2.39. The molecule has 3 heterocycles. The number of hydrogen-bond acceptors (Lipinski definition) is 7. The molecule has 0 bridgehead atoms. The second-order valence-electron chi connectivity index (χ2n) is 10.6. The minimum atomic E-state index is -4.47. The van der Waals surface area contributed by atoms with E-state index in [1.165, 1.54) is 24.4 Å². The fourth-order valence-electron chi connectivity index (χ4n) is 5.21. The van der Waals surface area contributed by atoms with Crippen LogP contribution in [0.15, 0.2) is 82.2 Å². The normalized spacial score (nSPS) is 14.3. The van der Waals surface area contributed by atoms with Gasteiger partial charge in [0.15, 0.2) is 0 Å². The molecule has 3 aromatic carbocycles. The van der Waals surface area contributed by atoms with E-state index in [0.717, 1.165) is 30.8 Å². The number of hydrogen-bond donors (Lipinski definition) is 1. The smallest absolute Gasteiger partial charge is 0.381 e. The van der Waals surface area contributed by atoms with Crippen molar-refractivity contribution in [3.63, 3.8) is 0 Å². The lowest BCUT2D eigenvalue weighted by Gasteiger charge is -2.26. The highest BCUT2D eigenvalue weighted by Crippen LogP contribution is 2.30. The van der Waals surface area contributed by atoms with Crippen LogP contribution in [0.3, 0.4) is 0 Å². The number of alkyl halides is 3. The Morgan fingerprint density at radius 1 is 0.955 bits per heavy atom. The summed E-state index contributed by atoms with van der Waals surface area (Å²) in [6.07, 6.45) is -2.57. The molecule has 5 aromatic rings. The minimum Gasteiger partial charge on any atom is -0.381 e. The zero-order valence-corrected chi connectivity index (χ0v) is 23.6. The van der Waals surface area contributed by atoms with E-state index in [1.54, 1.807) is 10.6 Å². The number of nitrogens with one attached hydrogen (secondary N) is 1. The van der Waals surface area contributed by atoms with Crippen LogP contribution in [-0.2, 0) is 23.9 Å². The maximum Gasteiger partial charge on any atom is 0.416 e. The van der Waals surface area contributed by atoms with E-state index in [-0.39, 0.29) is 29.0 Å². The molecule has 0 aliphatic carbocycles. The topological polar surface area (TPSA) is 85.4 Å². The third-order valence-corrected chi connectivity index (χ3v) is 7.56. The minimum absolute atomic E-state index is 0.0390. The molecule has 1 aliphatic rings. The summed E-state index contributed by atoms with van der Waals surface area (Å²) >= 11 is 0. The Hall–Kier alpha value is -4.55. The van der Waals surface area contributed by atoms with Gasteiger partial charge in [-0.25, -0.2) is 4.39 Å². The maximum absolute atomic E-state index is 15.4. The number of fused-ring (bicyclic) bond motifs is 1. The van der Waals surface area contributed by atoms with Gasteiger partial charge in [0.05, 0.1) is 42.0 Å². The molecule has 0 atom stereocenters. The quantitative estimate of drug-likeness (QED) is 0.219. The first-order chi connectivity index (χ1) is 21.2. The Morgan fingerprint density at radius 2 is 1.70 bits per heavy atom. The molecule has 0 amide bonds. The van der Waals surface area contributed by atoms with E-state index in [0.29, 0.717) is 49.7 Å². The van der Waals surface area contributed by atoms with Crippen LogP contribution in [0.5, 0.6) is 0 Å². The van der Waals surface area contributed by atoms with E-state index in [1.807, 2.05) is 30.3 Å². The predicted molar refractivity (Wildman–Crippen MR) is 157 cm³/mol. The molecular weight excluding hydrogens is 578 g/mol. The molecule has 0 unspecified atom stereocenters. The zero-order chi connectivity index (χ0) is 30.7. The molecule has 12 heteroatoms. The van der Waals surface area contributed by atoms with Gasteiger partial charge in [-0.15, -0.1) is 0 Å². The predicted octanol–water partition coefficient (Wildman–Crippen LogP) is 5.59. The summed E-state index contributed by atoms with van der Waals surface area (Å²) in [7, 11) is 0. The van der Waals surface area contributed by atoms with Crippen molar-refractivity contribution >= 4 is 16.6 Å². The van der Waals surface area contributed by atoms with Gasteiger partial charge in [-0.2, -0.15) is 18.2 Å². The zero-order valence-electron chi connectivity index (χ0n) is 23.6. The molecule has 0 radical (unpaired) electrons. The van der Waals surface area contributed by atoms with Crippen LogP contribution < -0.4 is 10.7 Å². The summed E-state index contributed by atoms with van der Waals surface area (Å²) in [5, 5.41) is 7.22. The Bertz CT molecular complexity index is 1800. The van der Waals surface area contributed by atoms with Crippen LogP contribution in [0.25, 0.3) is 22.3 Å². The van der Waals surface area contributed by atoms with Crippen LogP contribution in [0.4, 0.5) is 23.2 Å². The third-order valence-electron chi connectivity index (χ3n) is 7.56. The summed E-state index contributed by atoms with van der Waals surface area (Å²) in [5.74, 6) is -0.268. The first kappa shape index (κ1) is 29.5. The number of rotatable bonds is 9. The van der Waals surface area contributed by atoms with Crippen LogP contribution in [0.2, 0.25) is 0 Å². The number of nitrogens with zero attached hydrogens (tertiary/aromatic N) is 4. The van der Waals surface area contributed by atoms with Crippen LogP contribution in [-0.4, -0.2) is 59.0 Å². The monoisotopic (exact) mass is 607 g/mol. The molecule has 8 nitrogen and oxygen atoms in total. The van der Waals surface area contributed by atoms with Gasteiger partial charge in [0.25, 0.3) is 0 Å². The number of benzene rings is 3. The second kappa shape index (κ2) is 12.6. The highest BCUT2D eigenvalue weighted by atomic mass is 19.4. The fourth-order valence-corrected chi connectivity index (χ4v) is 5.21. The van der Waals surface area contributed by atoms with Crippen LogP contribution in [0.1, 0.15) is 22.6 Å². The molecule has 228 valence electrons.